The van der Waals surface area contributed by atoms with Gasteiger partial charge in [-0.05, 0) is 39.2 Å². The Balaban J connectivity index is 2.32. The lowest BCUT2D eigenvalue weighted by Gasteiger charge is -2.39. The number of carboxylic acids is 1. The minimum absolute atomic E-state index is 0.220. The van der Waals surface area contributed by atoms with Crippen molar-refractivity contribution in [3.05, 3.63) is 0 Å². The maximum Gasteiger partial charge on any atom is 0.309 e. The van der Waals surface area contributed by atoms with Crippen molar-refractivity contribution in [2.24, 2.45) is 11.3 Å². The lowest BCUT2D eigenvalue weighted by Crippen LogP contribution is -2.45. The summed E-state index contributed by atoms with van der Waals surface area (Å²) in [6.45, 7) is 8.35. The first kappa shape index (κ1) is 16.4. The van der Waals surface area contributed by atoms with Gasteiger partial charge in [0.2, 0.25) is 0 Å². The Morgan fingerprint density at radius 2 is 2.11 bits per heavy atom. The molecule has 1 saturated heterocycles. The van der Waals surface area contributed by atoms with Gasteiger partial charge < -0.3 is 19.5 Å². The molecule has 112 valence electrons. The van der Waals surface area contributed by atoms with Crippen LogP contribution in [0, 0.1) is 11.3 Å². The third kappa shape index (κ3) is 5.09. The van der Waals surface area contributed by atoms with Crippen LogP contribution in [-0.2, 0) is 14.3 Å². The summed E-state index contributed by atoms with van der Waals surface area (Å²) in [5.74, 6) is -0.478. The molecule has 1 aliphatic heterocycles. The molecule has 0 aliphatic carbocycles. The van der Waals surface area contributed by atoms with Gasteiger partial charge in [-0.25, -0.2) is 0 Å². The van der Waals surface area contributed by atoms with Crippen molar-refractivity contribution in [1.29, 1.82) is 0 Å². The summed E-state index contributed by atoms with van der Waals surface area (Å²) < 4.78 is 10.4. The fourth-order valence-electron chi connectivity index (χ4n) is 2.46. The van der Waals surface area contributed by atoms with Crippen LogP contribution in [0.3, 0.4) is 0 Å². The first-order valence-electron chi connectivity index (χ1n) is 7.01. The highest BCUT2D eigenvalue weighted by Gasteiger charge is 2.38. The zero-order chi connectivity index (χ0) is 14.3. The average molecular weight is 273 g/mol. The molecule has 19 heavy (non-hydrogen) atoms. The van der Waals surface area contributed by atoms with Gasteiger partial charge in [0.1, 0.15) is 0 Å². The predicted molar refractivity (Wildman–Crippen MR) is 73.3 cm³/mol. The van der Waals surface area contributed by atoms with Gasteiger partial charge in [-0.3, -0.25) is 4.79 Å². The van der Waals surface area contributed by atoms with Crippen LogP contribution in [0.15, 0.2) is 0 Å². The molecule has 1 unspecified atom stereocenters. The van der Waals surface area contributed by atoms with Crippen molar-refractivity contribution in [2.45, 2.75) is 26.7 Å². The summed E-state index contributed by atoms with van der Waals surface area (Å²) in [5.41, 5.74) is -0.643. The quantitative estimate of drug-likeness (QED) is 0.679. The molecule has 1 rings (SSSR count). The molecule has 0 bridgehead atoms. The fourth-order valence-corrected chi connectivity index (χ4v) is 2.46. The molecule has 5 heteroatoms. The highest BCUT2D eigenvalue weighted by molar-refractivity contribution is 5.74. The molecule has 1 N–H and O–H groups in total. The number of hydrogen-bond acceptors (Lipinski definition) is 4. The van der Waals surface area contributed by atoms with E-state index in [1.54, 1.807) is 7.11 Å². The number of carboxylic acid groups (broad SMARTS) is 1. The maximum absolute atomic E-state index is 11.3. The number of piperidine rings is 1. The van der Waals surface area contributed by atoms with E-state index in [-0.39, 0.29) is 5.92 Å². The molecule has 0 aromatic rings. The van der Waals surface area contributed by atoms with E-state index < -0.39 is 11.4 Å². The van der Waals surface area contributed by atoms with Crippen molar-refractivity contribution in [3.63, 3.8) is 0 Å². The third-order valence-electron chi connectivity index (χ3n) is 4.06. The molecule has 0 aromatic carbocycles. The van der Waals surface area contributed by atoms with Crippen LogP contribution < -0.4 is 0 Å². The SMILES string of the molecule is COCCOCCN1CCCC(C(C)(C)C(=O)O)C1. The van der Waals surface area contributed by atoms with E-state index in [1.807, 2.05) is 13.8 Å². The topological polar surface area (TPSA) is 59.0 Å². The summed E-state index contributed by atoms with van der Waals surface area (Å²) in [6.07, 6.45) is 2.07. The monoisotopic (exact) mass is 273 g/mol. The van der Waals surface area contributed by atoms with Crippen molar-refractivity contribution in [3.8, 4) is 0 Å². The lowest BCUT2D eigenvalue weighted by atomic mass is 9.74. The van der Waals surface area contributed by atoms with E-state index in [0.717, 1.165) is 32.5 Å². The van der Waals surface area contributed by atoms with Crippen LogP contribution in [-0.4, -0.2) is 62.5 Å². The van der Waals surface area contributed by atoms with E-state index in [2.05, 4.69) is 4.90 Å². The summed E-state index contributed by atoms with van der Waals surface area (Å²) in [7, 11) is 1.66. The van der Waals surface area contributed by atoms with Gasteiger partial charge in [-0.2, -0.15) is 0 Å². The van der Waals surface area contributed by atoms with Gasteiger partial charge in [-0.1, -0.05) is 0 Å². The van der Waals surface area contributed by atoms with Crippen molar-refractivity contribution in [1.82, 2.24) is 4.90 Å². The second kappa shape index (κ2) is 7.82. The smallest absolute Gasteiger partial charge is 0.309 e. The number of aliphatic carboxylic acids is 1. The largest absolute Gasteiger partial charge is 0.481 e. The molecule has 1 atom stereocenters. The standard InChI is InChI=1S/C14H27NO4/c1-14(2,13(16)17)12-5-4-6-15(11-12)7-8-19-10-9-18-3/h12H,4-11H2,1-3H3,(H,16,17). The molecule has 0 amide bonds. The molecule has 1 fully saturated rings. The highest BCUT2D eigenvalue weighted by atomic mass is 16.5. The molecule has 1 heterocycles. The van der Waals surface area contributed by atoms with Crippen LogP contribution in [0.5, 0.6) is 0 Å². The molecule has 0 radical (unpaired) electrons. The summed E-state index contributed by atoms with van der Waals surface area (Å²) in [5, 5.41) is 9.30. The zero-order valence-electron chi connectivity index (χ0n) is 12.4. The van der Waals surface area contributed by atoms with E-state index in [1.165, 1.54) is 0 Å². The van der Waals surface area contributed by atoms with Crippen LogP contribution in [0.4, 0.5) is 0 Å². The first-order valence-corrected chi connectivity index (χ1v) is 7.01. The van der Waals surface area contributed by atoms with E-state index >= 15 is 0 Å². The number of rotatable bonds is 8. The molecule has 1 aliphatic rings. The second-order valence-corrected chi connectivity index (χ2v) is 5.77. The number of carbonyl (C=O) groups is 1. The maximum atomic E-state index is 11.3. The Labute approximate surface area is 115 Å². The minimum atomic E-state index is -0.698. The van der Waals surface area contributed by atoms with Crippen molar-refractivity contribution < 1.29 is 19.4 Å². The van der Waals surface area contributed by atoms with Crippen LogP contribution in [0.1, 0.15) is 26.7 Å². The number of methoxy groups -OCH3 is 1. The van der Waals surface area contributed by atoms with Gasteiger partial charge >= 0.3 is 5.97 Å². The molecule has 0 aromatic heterocycles. The van der Waals surface area contributed by atoms with Crippen molar-refractivity contribution in [2.75, 3.05) is 46.6 Å². The normalized spacial score (nSPS) is 21.5. The van der Waals surface area contributed by atoms with Crippen LogP contribution in [0.2, 0.25) is 0 Å². The Morgan fingerprint density at radius 1 is 1.37 bits per heavy atom. The molecule has 0 spiro atoms. The van der Waals surface area contributed by atoms with Gasteiger partial charge in [0.05, 0.1) is 25.2 Å². The summed E-state index contributed by atoms with van der Waals surface area (Å²) >= 11 is 0. The van der Waals surface area contributed by atoms with E-state index in [4.69, 9.17) is 9.47 Å². The number of ether oxygens (including phenoxy) is 2. The average Bonchev–Trinajstić information content (AvgIpc) is 2.38. The zero-order valence-corrected chi connectivity index (χ0v) is 12.4. The van der Waals surface area contributed by atoms with Crippen LogP contribution in [0.25, 0.3) is 0 Å². The van der Waals surface area contributed by atoms with E-state index in [9.17, 15) is 9.90 Å². The number of likely N-dealkylation sites (tertiary alicyclic amines) is 1. The first-order chi connectivity index (χ1) is 8.98. The van der Waals surface area contributed by atoms with Gasteiger partial charge in [-0.15, -0.1) is 0 Å². The predicted octanol–water partition coefficient (Wildman–Crippen LogP) is 1.47. The molecule has 5 nitrogen and oxygen atoms in total. The van der Waals surface area contributed by atoms with E-state index in [0.29, 0.717) is 19.8 Å². The molecular formula is C14H27NO4. The fraction of sp³-hybridized carbons (Fsp3) is 0.929. The minimum Gasteiger partial charge on any atom is -0.481 e. The van der Waals surface area contributed by atoms with Crippen molar-refractivity contribution >= 4 is 5.97 Å². The Morgan fingerprint density at radius 3 is 2.74 bits per heavy atom. The Kier molecular flexibility index (Phi) is 6.75. The Bertz CT molecular complexity index is 281. The van der Waals surface area contributed by atoms with Gasteiger partial charge in [0.15, 0.2) is 0 Å². The Hall–Kier alpha value is -0.650. The second-order valence-electron chi connectivity index (χ2n) is 5.77. The summed E-state index contributed by atoms with van der Waals surface area (Å²) in [6, 6.07) is 0. The number of nitrogens with zero attached hydrogens (tertiary/aromatic N) is 1. The summed E-state index contributed by atoms with van der Waals surface area (Å²) in [4.78, 5) is 13.6. The van der Waals surface area contributed by atoms with Gasteiger partial charge in [0.25, 0.3) is 0 Å². The third-order valence-corrected chi connectivity index (χ3v) is 4.06. The highest BCUT2D eigenvalue weighted by Crippen LogP contribution is 2.34. The van der Waals surface area contributed by atoms with Gasteiger partial charge in [0, 0.05) is 20.2 Å². The molecular weight excluding hydrogens is 246 g/mol. The number of hydrogen-bond donors (Lipinski definition) is 1. The molecule has 0 saturated carbocycles. The van der Waals surface area contributed by atoms with Crippen LogP contribution >= 0.6 is 0 Å². The lowest BCUT2D eigenvalue weighted by molar-refractivity contribution is -0.151.